The van der Waals surface area contributed by atoms with E-state index in [9.17, 15) is 13.2 Å². The predicted octanol–water partition coefficient (Wildman–Crippen LogP) is 1.55. The van der Waals surface area contributed by atoms with Gasteiger partial charge in [-0.15, -0.1) is 0 Å². The summed E-state index contributed by atoms with van der Waals surface area (Å²) >= 11 is 3.32. The summed E-state index contributed by atoms with van der Waals surface area (Å²) in [5, 5.41) is 0. The third kappa shape index (κ3) is 3.51. The maximum absolute atomic E-state index is 12.8. The van der Waals surface area contributed by atoms with Gasteiger partial charge in [-0.3, -0.25) is 9.69 Å². The highest BCUT2D eigenvalue weighted by atomic mass is 79.9. The Balaban J connectivity index is 1.68. The Morgan fingerprint density at radius 2 is 1.88 bits per heavy atom. The lowest BCUT2D eigenvalue weighted by molar-refractivity contribution is -0.123. The van der Waals surface area contributed by atoms with Gasteiger partial charge < -0.3 is 5.73 Å². The minimum atomic E-state index is -3.47. The maximum Gasteiger partial charge on any atom is 0.243 e. The average molecular weight is 416 g/mol. The normalized spacial score (nSPS) is 24.3. The summed E-state index contributed by atoms with van der Waals surface area (Å²) < 4.78 is 27.8. The number of rotatable bonds is 4. The Bertz CT molecular complexity index is 717. The fourth-order valence-corrected chi connectivity index (χ4v) is 5.79. The highest BCUT2D eigenvalue weighted by Crippen LogP contribution is 2.28. The average Bonchev–Trinajstić information content (AvgIpc) is 3.05. The van der Waals surface area contributed by atoms with E-state index >= 15 is 0 Å². The van der Waals surface area contributed by atoms with Gasteiger partial charge in [0, 0.05) is 23.6 Å². The summed E-state index contributed by atoms with van der Waals surface area (Å²) in [4.78, 5) is 14.0. The molecule has 2 saturated heterocycles. The molecule has 2 aliphatic heterocycles. The monoisotopic (exact) mass is 415 g/mol. The van der Waals surface area contributed by atoms with Crippen LogP contribution in [-0.4, -0.2) is 55.2 Å². The molecular weight excluding hydrogens is 394 g/mol. The van der Waals surface area contributed by atoms with Gasteiger partial charge in [-0.1, -0.05) is 22.0 Å². The number of carbonyl (C=O) groups excluding carboxylic acids is 1. The molecule has 0 spiro atoms. The summed E-state index contributed by atoms with van der Waals surface area (Å²) in [7, 11) is -3.47. The SMILES string of the molecule is NC(=O)C1CCCN1C1CCN(S(=O)(=O)c2cccc(Br)c2)CC1. The molecule has 2 aliphatic rings. The summed E-state index contributed by atoms with van der Waals surface area (Å²) in [6, 6.07) is 6.83. The molecule has 2 heterocycles. The second-order valence-corrected chi connectivity index (χ2v) is 9.24. The van der Waals surface area contributed by atoms with E-state index in [-0.39, 0.29) is 18.0 Å². The van der Waals surface area contributed by atoms with Gasteiger partial charge in [-0.2, -0.15) is 4.31 Å². The number of nitrogens with two attached hydrogens (primary N) is 1. The van der Waals surface area contributed by atoms with Crippen molar-refractivity contribution < 1.29 is 13.2 Å². The van der Waals surface area contributed by atoms with E-state index in [2.05, 4.69) is 20.8 Å². The number of piperidine rings is 1. The van der Waals surface area contributed by atoms with Gasteiger partial charge in [0.2, 0.25) is 15.9 Å². The molecule has 0 radical (unpaired) electrons. The van der Waals surface area contributed by atoms with Gasteiger partial charge in [0.15, 0.2) is 0 Å². The zero-order valence-corrected chi connectivity index (χ0v) is 15.8. The topological polar surface area (TPSA) is 83.7 Å². The smallest absolute Gasteiger partial charge is 0.243 e. The number of likely N-dealkylation sites (tertiary alicyclic amines) is 1. The van der Waals surface area contributed by atoms with Gasteiger partial charge in [0.25, 0.3) is 0 Å². The van der Waals surface area contributed by atoms with E-state index in [0.29, 0.717) is 18.0 Å². The quantitative estimate of drug-likeness (QED) is 0.808. The lowest BCUT2D eigenvalue weighted by Gasteiger charge is -2.38. The van der Waals surface area contributed by atoms with Crippen molar-refractivity contribution in [3.8, 4) is 0 Å². The van der Waals surface area contributed by atoms with Gasteiger partial charge in [-0.05, 0) is 50.4 Å². The number of carbonyl (C=O) groups is 1. The number of hydrogen-bond acceptors (Lipinski definition) is 4. The Labute approximate surface area is 151 Å². The first-order valence-electron chi connectivity index (χ1n) is 8.20. The second kappa shape index (κ2) is 7.11. The second-order valence-electron chi connectivity index (χ2n) is 6.39. The van der Waals surface area contributed by atoms with Crippen LogP contribution in [0.3, 0.4) is 0 Å². The molecule has 3 rings (SSSR count). The number of primary amides is 1. The number of hydrogen-bond donors (Lipinski definition) is 1. The molecule has 0 bridgehead atoms. The maximum atomic E-state index is 12.8. The molecule has 1 atom stereocenters. The Hall–Kier alpha value is -0.960. The molecule has 1 amide bonds. The number of benzene rings is 1. The van der Waals surface area contributed by atoms with Crippen LogP contribution in [0.5, 0.6) is 0 Å². The third-order valence-corrected chi connectivity index (χ3v) is 7.34. The standard InChI is InChI=1S/C16H22BrN3O3S/c17-12-3-1-4-14(11-12)24(22,23)19-9-6-13(7-10-19)20-8-2-5-15(20)16(18)21/h1,3-4,11,13,15H,2,5-10H2,(H2,18,21). The Kier molecular flexibility index (Phi) is 5.29. The van der Waals surface area contributed by atoms with Crippen LogP contribution in [0.15, 0.2) is 33.6 Å². The largest absolute Gasteiger partial charge is 0.368 e. The molecule has 1 unspecified atom stereocenters. The van der Waals surface area contributed by atoms with Crippen LogP contribution < -0.4 is 5.73 Å². The highest BCUT2D eigenvalue weighted by molar-refractivity contribution is 9.10. The van der Waals surface area contributed by atoms with Crippen LogP contribution in [0.2, 0.25) is 0 Å². The van der Waals surface area contributed by atoms with E-state index in [1.807, 2.05) is 6.07 Å². The van der Waals surface area contributed by atoms with Crippen LogP contribution in [0.25, 0.3) is 0 Å². The van der Waals surface area contributed by atoms with Crippen molar-refractivity contribution in [2.45, 2.75) is 42.7 Å². The van der Waals surface area contributed by atoms with Crippen molar-refractivity contribution in [2.24, 2.45) is 5.73 Å². The van der Waals surface area contributed by atoms with Crippen molar-refractivity contribution in [2.75, 3.05) is 19.6 Å². The molecule has 0 aliphatic carbocycles. The van der Waals surface area contributed by atoms with Crippen molar-refractivity contribution in [3.63, 3.8) is 0 Å². The van der Waals surface area contributed by atoms with Crippen LogP contribution in [0.1, 0.15) is 25.7 Å². The van der Waals surface area contributed by atoms with Crippen molar-refractivity contribution in [3.05, 3.63) is 28.7 Å². The van der Waals surface area contributed by atoms with Crippen LogP contribution in [-0.2, 0) is 14.8 Å². The van der Waals surface area contributed by atoms with Crippen molar-refractivity contribution in [1.29, 1.82) is 0 Å². The molecule has 0 aromatic heterocycles. The number of halogens is 1. The van der Waals surface area contributed by atoms with Gasteiger partial charge in [0.1, 0.15) is 0 Å². The molecular formula is C16H22BrN3O3S. The van der Waals surface area contributed by atoms with Crippen molar-refractivity contribution >= 4 is 31.9 Å². The molecule has 8 heteroatoms. The fourth-order valence-electron chi connectivity index (χ4n) is 3.72. The van der Waals surface area contributed by atoms with E-state index in [1.54, 1.807) is 22.5 Å². The summed E-state index contributed by atoms with van der Waals surface area (Å²) in [6.07, 6.45) is 3.25. The summed E-state index contributed by atoms with van der Waals surface area (Å²) in [5.74, 6) is -0.267. The lowest BCUT2D eigenvalue weighted by Crippen LogP contribution is -2.51. The van der Waals surface area contributed by atoms with Gasteiger partial charge >= 0.3 is 0 Å². The van der Waals surface area contributed by atoms with E-state index in [1.165, 1.54) is 0 Å². The van der Waals surface area contributed by atoms with E-state index in [4.69, 9.17) is 5.73 Å². The van der Waals surface area contributed by atoms with Crippen LogP contribution in [0, 0.1) is 0 Å². The number of sulfonamides is 1. The summed E-state index contributed by atoms with van der Waals surface area (Å²) in [6.45, 7) is 1.82. The van der Waals surface area contributed by atoms with Gasteiger partial charge in [-0.25, -0.2) is 8.42 Å². The highest BCUT2D eigenvalue weighted by Gasteiger charge is 2.37. The molecule has 1 aromatic rings. The first kappa shape index (κ1) is 17.8. The Morgan fingerprint density at radius 1 is 1.17 bits per heavy atom. The minimum Gasteiger partial charge on any atom is -0.368 e. The molecule has 1 aromatic carbocycles. The van der Waals surface area contributed by atoms with E-state index in [0.717, 1.165) is 36.7 Å². The first-order chi connectivity index (χ1) is 11.4. The predicted molar refractivity (Wildman–Crippen MR) is 94.8 cm³/mol. The molecule has 2 N–H and O–H groups in total. The van der Waals surface area contributed by atoms with Crippen molar-refractivity contribution in [1.82, 2.24) is 9.21 Å². The summed E-state index contributed by atoms with van der Waals surface area (Å²) in [5.41, 5.74) is 5.49. The molecule has 2 fully saturated rings. The zero-order valence-electron chi connectivity index (χ0n) is 13.4. The number of amides is 1. The molecule has 0 saturated carbocycles. The fraction of sp³-hybridized carbons (Fsp3) is 0.562. The van der Waals surface area contributed by atoms with E-state index < -0.39 is 10.0 Å². The molecule has 24 heavy (non-hydrogen) atoms. The lowest BCUT2D eigenvalue weighted by atomic mass is 10.0. The number of nitrogens with zero attached hydrogens (tertiary/aromatic N) is 2. The van der Waals surface area contributed by atoms with Crippen LogP contribution >= 0.6 is 15.9 Å². The third-order valence-electron chi connectivity index (χ3n) is 4.95. The molecule has 132 valence electrons. The minimum absolute atomic E-state index is 0.191. The zero-order chi connectivity index (χ0) is 17.3. The molecule has 6 nitrogen and oxygen atoms in total. The Morgan fingerprint density at radius 3 is 2.50 bits per heavy atom. The van der Waals surface area contributed by atoms with Gasteiger partial charge in [0.05, 0.1) is 10.9 Å². The first-order valence-corrected chi connectivity index (χ1v) is 10.4. The van der Waals surface area contributed by atoms with Crippen LogP contribution in [0.4, 0.5) is 0 Å².